The van der Waals surface area contributed by atoms with E-state index in [1.807, 2.05) is 24.5 Å². The minimum absolute atomic E-state index is 0.815. The number of aromatic nitrogens is 3. The van der Waals surface area contributed by atoms with Gasteiger partial charge in [-0.3, -0.25) is 14.5 Å². The third-order valence-corrected chi connectivity index (χ3v) is 4.33. The van der Waals surface area contributed by atoms with Crippen LogP contribution < -0.4 is 0 Å². The van der Waals surface area contributed by atoms with E-state index in [2.05, 4.69) is 43.7 Å². The Hall–Kier alpha value is -2.50. The number of morpholine rings is 1. The molecule has 3 heterocycles. The van der Waals surface area contributed by atoms with Gasteiger partial charge in [-0.1, -0.05) is 18.2 Å². The molecule has 0 unspecified atom stereocenters. The first-order chi connectivity index (χ1) is 11.9. The monoisotopic (exact) mass is 320 g/mol. The molecule has 0 saturated carbocycles. The van der Waals surface area contributed by atoms with Crippen LogP contribution in [-0.2, 0) is 11.3 Å². The number of hydrogen-bond donors (Lipinski definition) is 0. The van der Waals surface area contributed by atoms with Crippen molar-refractivity contribution < 1.29 is 4.74 Å². The van der Waals surface area contributed by atoms with E-state index in [-0.39, 0.29) is 0 Å². The zero-order valence-electron chi connectivity index (χ0n) is 13.5. The van der Waals surface area contributed by atoms with E-state index in [0.29, 0.717) is 0 Å². The SMILES string of the molecule is c1ccc(-n2ccnc2-c2ccncc2)c(CN2CCOCC2)c1. The van der Waals surface area contributed by atoms with Gasteiger partial charge in [-0.25, -0.2) is 4.98 Å². The summed E-state index contributed by atoms with van der Waals surface area (Å²) in [7, 11) is 0. The van der Waals surface area contributed by atoms with E-state index in [0.717, 1.165) is 44.2 Å². The maximum Gasteiger partial charge on any atom is 0.144 e. The van der Waals surface area contributed by atoms with Crippen LogP contribution in [0.2, 0.25) is 0 Å². The third kappa shape index (κ3) is 3.09. The number of para-hydroxylation sites is 1. The summed E-state index contributed by atoms with van der Waals surface area (Å²) < 4.78 is 7.61. The molecule has 5 nitrogen and oxygen atoms in total. The molecule has 1 aromatic carbocycles. The van der Waals surface area contributed by atoms with E-state index < -0.39 is 0 Å². The highest BCUT2D eigenvalue weighted by Crippen LogP contribution is 2.24. The quantitative estimate of drug-likeness (QED) is 0.741. The average Bonchev–Trinajstić information content (AvgIpc) is 3.13. The number of nitrogens with zero attached hydrogens (tertiary/aromatic N) is 4. The van der Waals surface area contributed by atoms with Crippen LogP contribution in [0.3, 0.4) is 0 Å². The van der Waals surface area contributed by atoms with E-state index in [4.69, 9.17) is 4.74 Å². The summed E-state index contributed by atoms with van der Waals surface area (Å²) in [5.41, 5.74) is 3.54. The molecule has 1 aliphatic rings. The van der Waals surface area contributed by atoms with Crippen LogP contribution in [0.5, 0.6) is 0 Å². The van der Waals surface area contributed by atoms with E-state index in [1.54, 1.807) is 12.4 Å². The number of rotatable bonds is 4. The molecule has 0 spiro atoms. The molecule has 24 heavy (non-hydrogen) atoms. The van der Waals surface area contributed by atoms with Crippen molar-refractivity contribution in [1.82, 2.24) is 19.4 Å². The van der Waals surface area contributed by atoms with Crippen molar-refractivity contribution in [3.63, 3.8) is 0 Å². The highest BCUT2D eigenvalue weighted by Gasteiger charge is 2.15. The molecular weight excluding hydrogens is 300 g/mol. The van der Waals surface area contributed by atoms with Crippen LogP contribution in [0, 0.1) is 0 Å². The highest BCUT2D eigenvalue weighted by molar-refractivity contribution is 5.59. The number of ether oxygens (including phenoxy) is 1. The summed E-state index contributed by atoms with van der Waals surface area (Å²) in [6.07, 6.45) is 7.47. The van der Waals surface area contributed by atoms with E-state index >= 15 is 0 Å². The molecule has 3 aromatic rings. The van der Waals surface area contributed by atoms with Gasteiger partial charge in [0.05, 0.1) is 18.9 Å². The molecule has 1 fully saturated rings. The van der Waals surface area contributed by atoms with Gasteiger partial charge in [0.1, 0.15) is 5.82 Å². The highest BCUT2D eigenvalue weighted by atomic mass is 16.5. The van der Waals surface area contributed by atoms with Crippen LogP contribution in [0.4, 0.5) is 0 Å². The van der Waals surface area contributed by atoms with Gasteiger partial charge in [0.15, 0.2) is 0 Å². The second-order valence-corrected chi connectivity index (χ2v) is 5.87. The maximum atomic E-state index is 5.45. The molecule has 1 aliphatic heterocycles. The molecule has 2 aromatic heterocycles. The molecule has 0 N–H and O–H groups in total. The van der Waals surface area contributed by atoms with Gasteiger partial charge < -0.3 is 4.74 Å². The zero-order chi connectivity index (χ0) is 16.2. The Morgan fingerprint density at radius 3 is 2.58 bits per heavy atom. The summed E-state index contributed by atoms with van der Waals surface area (Å²) in [4.78, 5) is 11.1. The lowest BCUT2D eigenvalue weighted by Gasteiger charge is -2.27. The molecule has 4 rings (SSSR count). The number of imidazole rings is 1. The first-order valence-electron chi connectivity index (χ1n) is 8.24. The predicted octanol–water partition coefficient (Wildman–Crippen LogP) is 2.77. The Balaban J connectivity index is 1.69. The molecule has 1 saturated heterocycles. The van der Waals surface area contributed by atoms with Gasteiger partial charge in [0.25, 0.3) is 0 Å². The van der Waals surface area contributed by atoms with Crippen LogP contribution in [-0.4, -0.2) is 45.7 Å². The van der Waals surface area contributed by atoms with Gasteiger partial charge in [-0.2, -0.15) is 0 Å². The molecule has 0 radical (unpaired) electrons. The predicted molar refractivity (Wildman–Crippen MR) is 92.9 cm³/mol. The Kier molecular flexibility index (Phi) is 4.36. The summed E-state index contributed by atoms with van der Waals surface area (Å²) in [5.74, 6) is 0.937. The Morgan fingerprint density at radius 1 is 0.958 bits per heavy atom. The standard InChI is InChI=1S/C19H20N4O/c1-2-4-18(17(3-1)15-22-11-13-24-14-12-22)23-10-9-21-19(23)16-5-7-20-8-6-16/h1-10H,11-15H2. The van der Waals surface area contributed by atoms with E-state index in [9.17, 15) is 0 Å². The fourth-order valence-electron chi connectivity index (χ4n) is 3.09. The minimum Gasteiger partial charge on any atom is -0.379 e. The second kappa shape index (κ2) is 6.95. The smallest absolute Gasteiger partial charge is 0.144 e. The van der Waals surface area contributed by atoms with Crippen LogP contribution >= 0.6 is 0 Å². The van der Waals surface area contributed by atoms with Crippen molar-refractivity contribution in [2.75, 3.05) is 26.3 Å². The Labute approximate surface area is 141 Å². The molecule has 0 amide bonds. The molecule has 5 heteroatoms. The average molecular weight is 320 g/mol. The van der Waals surface area contributed by atoms with Crippen LogP contribution in [0.25, 0.3) is 17.1 Å². The fraction of sp³-hybridized carbons (Fsp3) is 0.263. The molecule has 0 bridgehead atoms. The topological polar surface area (TPSA) is 43.2 Å². The lowest BCUT2D eigenvalue weighted by molar-refractivity contribution is 0.0342. The summed E-state index contributed by atoms with van der Waals surface area (Å²) >= 11 is 0. The third-order valence-electron chi connectivity index (χ3n) is 4.33. The molecule has 0 aliphatic carbocycles. The number of hydrogen-bond acceptors (Lipinski definition) is 4. The minimum atomic E-state index is 0.815. The Morgan fingerprint density at radius 2 is 1.75 bits per heavy atom. The lowest BCUT2D eigenvalue weighted by atomic mass is 10.1. The molecule has 0 atom stereocenters. The van der Waals surface area contributed by atoms with Crippen LogP contribution in [0.15, 0.2) is 61.2 Å². The largest absolute Gasteiger partial charge is 0.379 e. The number of pyridine rings is 1. The van der Waals surface area contributed by atoms with Crippen molar-refractivity contribution in [3.05, 3.63) is 66.7 Å². The summed E-state index contributed by atoms with van der Waals surface area (Å²) in [5, 5.41) is 0. The van der Waals surface area contributed by atoms with Crippen molar-refractivity contribution in [1.29, 1.82) is 0 Å². The fourth-order valence-corrected chi connectivity index (χ4v) is 3.09. The van der Waals surface area contributed by atoms with Crippen molar-refractivity contribution >= 4 is 0 Å². The summed E-state index contributed by atoms with van der Waals surface area (Å²) in [6.45, 7) is 4.52. The Bertz CT molecular complexity index is 794. The first-order valence-corrected chi connectivity index (χ1v) is 8.24. The zero-order valence-corrected chi connectivity index (χ0v) is 13.5. The van der Waals surface area contributed by atoms with Crippen LogP contribution in [0.1, 0.15) is 5.56 Å². The molecular formula is C19H20N4O. The van der Waals surface area contributed by atoms with Gasteiger partial charge in [-0.05, 0) is 23.8 Å². The maximum absolute atomic E-state index is 5.45. The molecule has 122 valence electrons. The van der Waals surface area contributed by atoms with Gasteiger partial charge in [0.2, 0.25) is 0 Å². The summed E-state index contributed by atoms with van der Waals surface area (Å²) in [6, 6.07) is 12.5. The van der Waals surface area contributed by atoms with Crippen molar-refractivity contribution in [2.45, 2.75) is 6.54 Å². The van der Waals surface area contributed by atoms with Crippen molar-refractivity contribution in [2.24, 2.45) is 0 Å². The second-order valence-electron chi connectivity index (χ2n) is 5.87. The first kappa shape index (κ1) is 15.1. The van der Waals surface area contributed by atoms with Gasteiger partial charge in [0, 0.05) is 50.0 Å². The van der Waals surface area contributed by atoms with Gasteiger partial charge >= 0.3 is 0 Å². The number of benzene rings is 1. The lowest BCUT2D eigenvalue weighted by Crippen LogP contribution is -2.35. The normalized spacial score (nSPS) is 15.5. The van der Waals surface area contributed by atoms with E-state index in [1.165, 1.54) is 11.3 Å². The van der Waals surface area contributed by atoms with Gasteiger partial charge in [-0.15, -0.1) is 0 Å². The van der Waals surface area contributed by atoms with Crippen molar-refractivity contribution in [3.8, 4) is 17.1 Å².